The van der Waals surface area contributed by atoms with E-state index in [1.165, 1.54) is 17.3 Å². The predicted molar refractivity (Wildman–Crippen MR) is 126 cm³/mol. The molecule has 1 aromatic carbocycles. The second kappa shape index (κ2) is 9.82. The number of amides is 1. The number of pyridine rings is 1. The minimum absolute atomic E-state index is 0.0947. The molecule has 3 heterocycles. The molecule has 7 nitrogen and oxygen atoms in total. The number of aromatic nitrogens is 4. The molecular weight excluding hydrogens is 422 g/mol. The number of furan rings is 1. The van der Waals surface area contributed by atoms with Gasteiger partial charge in [0.15, 0.2) is 11.0 Å². The molecule has 1 amide bonds. The topological polar surface area (TPSA) is 85.8 Å². The van der Waals surface area contributed by atoms with Gasteiger partial charge in [-0.2, -0.15) is 0 Å². The minimum Gasteiger partial charge on any atom is -0.467 e. The van der Waals surface area contributed by atoms with Gasteiger partial charge in [-0.3, -0.25) is 14.3 Å². The van der Waals surface area contributed by atoms with Crippen molar-refractivity contribution in [2.45, 2.75) is 43.6 Å². The lowest BCUT2D eigenvalue weighted by molar-refractivity contribution is -0.115. The van der Waals surface area contributed by atoms with Crippen molar-refractivity contribution < 1.29 is 9.21 Å². The van der Waals surface area contributed by atoms with Gasteiger partial charge in [-0.05, 0) is 54.8 Å². The predicted octanol–water partition coefficient (Wildman–Crippen LogP) is 5.22. The Kier molecular flexibility index (Phi) is 6.70. The van der Waals surface area contributed by atoms with Crippen LogP contribution in [0.4, 0.5) is 5.69 Å². The molecule has 0 radical (unpaired) electrons. The number of anilines is 1. The lowest BCUT2D eigenvalue weighted by Crippen LogP contribution is -2.23. The second-order valence-corrected chi connectivity index (χ2v) is 9.05. The van der Waals surface area contributed by atoms with Crippen LogP contribution in [0.15, 0.2) is 76.8 Å². The summed E-state index contributed by atoms with van der Waals surface area (Å²) in [6.45, 7) is 6.60. The van der Waals surface area contributed by atoms with Crippen molar-refractivity contribution in [1.82, 2.24) is 19.7 Å². The SMILES string of the molecule is CC(Sc1nnc(-c2cccnc2)n1Cc1ccco1)C(=O)Nc1ccc(C(C)C)cc1. The fraction of sp³-hybridized carbons (Fsp3) is 0.250. The number of benzene rings is 1. The van der Waals surface area contributed by atoms with Gasteiger partial charge in [-0.1, -0.05) is 37.7 Å². The van der Waals surface area contributed by atoms with Crippen molar-refractivity contribution >= 4 is 23.4 Å². The van der Waals surface area contributed by atoms with E-state index in [2.05, 4.69) is 34.3 Å². The lowest BCUT2D eigenvalue weighted by atomic mass is 10.0. The molecule has 0 aliphatic carbocycles. The maximum absolute atomic E-state index is 12.8. The van der Waals surface area contributed by atoms with Crippen molar-refractivity contribution in [1.29, 1.82) is 0 Å². The Morgan fingerprint density at radius 1 is 1.09 bits per heavy atom. The highest BCUT2D eigenvalue weighted by atomic mass is 32.2. The van der Waals surface area contributed by atoms with Crippen molar-refractivity contribution in [2.75, 3.05) is 5.32 Å². The van der Waals surface area contributed by atoms with E-state index in [9.17, 15) is 4.79 Å². The first-order chi connectivity index (χ1) is 15.5. The second-order valence-electron chi connectivity index (χ2n) is 7.74. The Morgan fingerprint density at radius 3 is 2.56 bits per heavy atom. The molecule has 0 bridgehead atoms. The first-order valence-electron chi connectivity index (χ1n) is 10.4. The van der Waals surface area contributed by atoms with Crippen LogP contribution in [0.2, 0.25) is 0 Å². The fourth-order valence-corrected chi connectivity index (χ4v) is 4.04. The van der Waals surface area contributed by atoms with Crippen LogP contribution in [0.5, 0.6) is 0 Å². The van der Waals surface area contributed by atoms with Gasteiger partial charge in [0.25, 0.3) is 0 Å². The van der Waals surface area contributed by atoms with Crippen LogP contribution in [0.3, 0.4) is 0 Å². The highest BCUT2D eigenvalue weighted by molar-refractivity contribution is 8.00. The quantitative estimate of drug-likeness (QED) is 0.373. The van der Waals surface area contributed by atoms with Gasteiger partial charge < -0.3 is 9.73 Å². The highest BCUT2D eigenvalue weighted by Gasteiger charge is 2.22. The summed E-state index contributed by atoms with van der Waals surface area (Å²) in [5.41, 5.74) is 2.86. The average Bonchev–Trinajstić information content (AvgIpc) is 3.45. The van der Waals surface area contributed by atoms with E-state index in [1.54, 1.807) is 18.7 Å². The summed E-state index contributed by atoms with van der Waals surface area (Å²) in [6.07, 6.45) is 5.09. The molecule has 1 N–H and O–H groups in total. The van der Waals surface area contributed by atoms with Gasteiger partial charge in [0.2, 0.25) is 5.91 Å². The van der Waals surface area contributed by atoms with Crippen LogP contribution in [0.25, 0.3) is 11.4 Å². The van der Waals surface area contributed by atoms with E-state index in [0.717, 1.165) is 17.0 Å². The summed E-state index contributed by atoms with van der Waals surface area (Å²) in [6, 6.07) is 15.5. The first-order valence-corrected chi connectivity index (χ1v) is 11.3. The molecule has 0 saturated heterocycles. The molecule has 0 aliphatic heterocycles. The average molecular weight is 448 g/mol. The number of hydrogen-bond donors (Lipinski definition) is 1. The number of nitrogens with zero attached hydrogens (tertiary/aromatic N) is 4. The molecule has 0 spiro atoms. The standard InChI is InChI=1S/C24H25N5O2S/c1-16(2)18-8-10-20(11-9-18)26-23(30)17(3)32-24-28-27-22(19-6-4-12-25-14-19)29(24)15-21-7-5-13-31-21/h4-14,16-17H,15H2,1-3H3,(H,26,30). The molecule has 1 atom stereocenters. The summed E-state index contributed by atoms with van der Waals surface area (Å²) in [5, 5.41) is 12.0. The van der Waals surface area contributed by atoms with E-state index in [-0.39, 0.29) is 11.2 Å². The monoisotopic (exact) mass is 447 g/mol. The van der Waals surface area contributed by atoms with Gasteiger partial charge in [0, 0.05) is 23.6 Å². The van der Waals surface area contributed by atoms with Gasteiger partial charge in [-0.25, -0.2) is 0 Å². The molecule has 1 unspecified atom stereocenters. The van der Waals surface area contributed by atoms with Crippen LogP contribution < -0.4 is 5.32 Å². The van der Waals surface area contributed by atoms with E-state index in [4.69, 9.17) is 4.42 Å². The van der Waals surface area contributed by atoms with Gasteiger partial charge in [0.1, 0.15) is 5.76 Å². The van der Waals surface area contributed by atoms with E-state index in [0.29, 0.717) is 23.4 Å². The molecule has 3 aromatic heterocycles. The molecule has 8 heteroatoms. The van der Waals surface area contributed by atoms with Gasteiger partial charge in [0.05, 0.1) is 18.1 Å². The molecule has 32 heavy (non-hydrogen) atoms. The van der Waals surface area contributed by atoms with Crippen LogP contribution in [-0.2, 0) is 11.3 Å². The zero-order valence-corrected chi connectivity index (χ0v) is 19.0. The van der Waals surface area contributed by atoms with Crippen molar-refractivity contribution in [3.05, 3.63) is 78.5 Å². The number of hydrogen-bond acceptors (Lipinski definition) is 6. The third-order valence-corrected chi connectivity index (χ3v) is 6.11. The Bertz CT molecular complexity index is 1160. The zero-order chi connectivity index (χ0) is 22.5. The van der Waals surface area contributed by atoms with Crippen molar-refractivity contribution in [2.24, 2.45) is 0 Å². The van der Waals surface area contributed by atoms with E-state index < -0.39 is 0 Å². The minimum atomic E-state index is -0.374. The third kappa shape index (κ3) is 5.08. The number of carbonyl (C=O) groups is 1. The summed E-state index contributed by atoms with van der Waals surface area (Å²) >= 11 is 1.36. The third-order valence-electron chi connectivity index (χ3n) is 5.03. The maximum Gasteiger partial charge on any atom is 0.237 e. The van der Waals surface area contributed by atoms with Gasteiger partial charge in [-0.15, -0.1) is 10.2 Å². The Labute approximate surface area is 191 Å². The summed E-state index contributed by atoms with van der Waals surface area (Å²) in [4.78, 5) is 17.0. The molecule has 4 aromatic rings. The summed E-state index contributed by atoms with van der Waals surface area (Å²) in [5.74, 6) is 1.81. The molecule has 4 rings (SSSR count). The largest absolute Gasteiger partial charge is 0.467 e. The zero-order valence-electron chi connectivity index (χ0n) is 18.2. The molecule has 0 fully saturated rings. The molecule has 0 saturated carbocycles. The van der Waals surface area contributed by atoms with Crippen molar-refractivity contribution in [3.63, 3.8) is 0 Å². The fourth-order valence-electron chi connectivity index (χ4n) is 3.19. The summed E-state index contributed by atoms with van der Waals surface area (Å²) < 4.78 is 7.48. The smallest absolute Gasteiger partial charge is 0.237 e. The van der Waals surface area contributed by atoms with E-state index in [1.807, 2.05) is 60.0 Å². The van der Waals surface area contributed by atoms with Crippen LogP contribution in [0, 0.1) is 0 Å². The molecule has 164 valence electrons. The normalized spacial score (nSPS) is 12.1. The Balaban J connectivity index is 1.52. The van der Waals surface area contributed by atoms with Crippen LogP contribution in [-0.4, -0.2) is 30.9 Å². The number of thioether (sulfide) groups is 1. The molecular formula is C24H25N5O2S. The Morgan fingerprint density at radius 2 is 1.91 bits per heavy atom. The summed E-state index contributed by atoms with van der Waals surface area (Å²) in [7, 11) is 0. The van der Waals surface area contributed by atoms with Crippen molar-refractivity contribution in [3.8, 4) is 11.4 Å². The molecule has 0 aliphatic rings. The Hall–Kier alpha value is -3.39. The number of carbonyl (C=O) groups excluding carboxylic acids is 1. The van der Waals surface area contributed by atoms with Gasteiger partial charge >= 0.3 is 0 Å². The number of rotatable bonds is 8. The highest BCUT2D eigenvalue weighted by Crippen LogP contribution is 2.28. The van der Waals surface area contributed by atoms with Crippen LogP contribution in [0.1, 0.15) is 38.0 Å². The maximum atomic E-state index is 12.8. The number of nitrogens with one attached hydrogen (secondary N) is 1. The lowest BCUT2D eigenvalue weighted by Gasteiger charge is -2.14. The van der Waals surface area contributed by atoms with Crippen LogP contribution >= 0.6 is 11.8 Å². The first kappa shape index (κ1) is 21.8. The van der Waals surface area contributed by atoms with E-state index >= 15 is 0 Å².